The molecular formula is C32H37F3N4O5. The number of imide groups is 1. The van der Waals surface area contributed by atoms with Crippen molar-refractivity contribution in [1.29, 1.82) is 0 Å². The van der Waals surface area contributed by atoms with Gasteiger partial charge < -0.3 is 19.9 Å². The third kappa shape index (κ3) is 6.04. The lowest BCUT2D eigenvalue weighted by Crippen LogP contribution is -2.60. The first-order chi connectivity index (χ1) is 20.8. The van der Waals surface area contributed by atoms with Crippen LogP contribution in [0.3, 0.4) is 0 Å². The lowest BCUT2D eigenvalue weighted by atomic mass is 9.95. The maximum atomic E-state index is 14.6. The number of nitrogens with one attached hydrogen (secondary N) is 2. The molecule has 9 nitrogen and oxygen atoms in total. The van der Waals surface area contributed by atoms with E-state index < -0.39 is 54.4 Å². The molecule has 2 aromatic carbocycles. The average Bonchev–Trinajstić information content (AvgIpc) is 3.30. The topological polar surface area (TPSA) is 108 Å². The zero-order valence-electron chi connectivity index (χ0n) is 24.8. The maximum Gasteiger partial charge on any atom is 0.426 e. The molecule has 1 saturated heterocycles. The molecule has 0 aromatic heterocycles. The van der Waals surface area contributed by atoms with Crippen LogP contribution in [-0.2, 0) is 38.6 Å². The summed E-state index contributed by atoms with van der Waals surface area (Å²) in [7, 11) is 1.56. The summed E-state index contributed by atoms with van der Waals surface area (Å²) in [5.74, 6) is -2.32. The molecule has 12 heteroatoms. The van der Waals surface area contributed by atoms with Crippen LogP contribution in [0.5, 0.6) is 0 Å². The molecule has 2 N–H and O–H groups in total. The van der Waals surface area contributed by atoms with E-state index in [2.05, 4.69) is 10.6 Å². The van der Waals surface area contributed by atoms with E-state index in [1.54, 1.807) is 55.6 Å². The van der Waals surface area contributed by atoms with Gasteiger partial charge in [-0.2, -0.15) is 13.2 Å². The number of carbonyl (C=O) groups excluding carboxylic acids is 4. The number of benzene rings is 2. The second kappa shape index (κ2) is 12.2. The highest BCUT2D eigenvalue weighted by atomic mass is 19.4. The molecule has 1 heterocycles. The predicted octanol–water partition coefficient (Wildman–Crippen LogP) is 4.73. The van der Waals surface area contributed by atoms with E-state index in [4.69, 9.17) is 4.74 Å². The highest BCUT2D eigenvalue weighted by Crippen LogP contribution is 2.39. The van der Waals surface area contributed by atoms with Gasteiger partial charge in [-0.3, -0.25) is 19.7 Å². The number of amides is 5. The van der Waals surface area contributed by atoms with Gasteiger partial charge in [-0.15, -0.1) is 0 Å². The Kier molecular flexibility index (Phi) is 8.75. The summed E-state index contributed by atoms with van der Waals surface area (Å²) in [5.41, 5.74) is -1.71. The number of rotatable bonds is 8. The minimum atomic E-state index is -5.03. The van der Waals surface area contributed by atoms with E-state index in [1.807, 2.05) is 0 Å². The number of anilines is 1. The predicted molar refractivity (Wildman–Crippen MR) is 155 cm³/mol. The van der Waals surface area contributed by atoms with Crippen molar-refractivity contribution in [3.63, 3.8) is 0 Å². The Labute approximate surface area is 254 Å². The fraction of sp³-hybridized carbons (Fsp3) is 0.500. The summed E-state index contributed by atoms with van der Waals surface area (Å²) >= 11 is 0. The number of ether oxygens (including phenoxy) is 1. The summed E-state index contributed by atoms with van der Waals surface area (Å²) < 4.78 is 49.0. The zero-order valence-corrected chi connectivity index (χ0v) is 24.8. The highest BCUT2D eigenvalue weighted by molar-refractivity contribution is 6.07. The molecule has 3 aliphatic rings. The van der Waals surface area contributed by atoms with Crippen molar-refractivity contribution in [2.45, 2.75) is 88.3 Å². The first-order valence-electron chi connectivity index (χ1n) is 14.9. The smallest absolute Gasteiger partial charge is 0.352 e. The number of hydrogen-bond acceptors (Lipinski definition) is 5. The Hall–Kier alpha value is -3.93. The van der Waals surface area contributed by atoms with Crippen molar-refractivity contribution in [2.24, 2.45) is 0 Å². The molecule has 2 atom stereocenters. The van der Waals surface area contributed by atoms with Crippen LogP contribution in [0.15, 0.2) is 48.5 Å². The lowest BCUT2D eigenvalue weighted by Gasteiger charge is -2.39. The molecule has 1 saturated carbocycles. The normalized spacial score (nSPS) is 21.9. The monoisotopic (exact) mass is 614 g/mol. The van der Waals surface area contributed by atoms with Crippen LogP contribution >= 0.6 is 0 Å². The average molecular weight is 615 g/mol. The Bertz CT molecular complexity index is 1430. The van der Waals surface area contributed by atoms with Gasteiger partial charge in [-0.1, -0.05) is 62.1 Å². The first-order valence-corrected chi connectivity index (χ1v) is 14.9. The number of urea groups is 1. The molecule has 1 aliphatic heterocycles. The summed E-state index contributed by atoms with van der Waals surface area (Å²) in [5, 5.41) is 5.07. The number of carbonyl (C=O) groups is 4. The largest absolute Gasteiger partial charge is 0.426 e. The lowest BCUT2D eigenvalue weighted by molar-refractivity contribution is -0.269. The quantitative estimate of drug-likeness (QED) is 0.330. The number of alkyl halides is 3. The SMILES string of the molecule is CN1C(=O)NC(=O)C12Cc1ccc(NC(=O)CN(C(=O)[C@](C)(OCc3ccccc3)C(F)(F)F)C3CCCCCC3)cc1C2. The second-order valence-electron chi connectivity index (χ2n) is 12.1. The Balaban J connectivity index is 1.35. The van der Waals surface area contributed by atoms with Crippen molar-refractivity contribution in [2.75, 3.05) is 18.9 Å². The van der Waals surface area contributed by atoms with Gasteiger partial charge in [0, 0.05) is 31.6 Å². The van der Waals surface area contributed by atoms with Crippen molar-refractivity contribution in [3.8, 4) is 0 Å². The second-order valence-corrected chi connectivity index (χ2v) is 12.1. The molecule has 236 valence electrons. The zero-order chi connectivity index (χ0) is 31.7. The van der Waals surface area contributed by atoms with Gasteiger partial charge in [0.05, 0.1) is 6.61 Å². The fourth-order valence-corrected chi connectivity index (χ4v) is 6.41. The minimum absolute atomic E-state index is 0.259. The Morgan fingerprint density at radius 2 is 1.68 bits per heavy atom. The van der Waals surface area contributed by atoms with Crippen LogP contribution in [0.2, 0.25) is 0 Å². The van der Waals surface area contributed by atoms with Crippen LogP contribution in [0.1, 0.15) is 62.1 Å². The van der Waals surface area contributed by atoms with E-state index >= 15 is 0 Å². The van der Waals surface area contributed by atoms with Gasteiger partial charge in [-0.05, 0) is 48.6 Å². The summed E-state index contributed by atoms with van der Waals surface area (Å²) in [6, 6.07) is 12.4. The van der Waals surface area contributed by atoms with Gasteiger partial charge in [-0.25, -0.2) is 4.79 Å². The maximum absolute atomic E-state index is 14.6. The molecule has 2 fully saturated rings. The molecule has 1 unspecified atom stereocenters. The van der Waals surface area contributed by atoms with Gasteiger partial charge >= 0.3 is 12.2 Å². The molecule has 2 aliphatic carbocycles. The minimum Gasteiger partial charge on any atom is -0.352 e. The molecule has 0 bridgehead atoms. The van der Waals surface area contributed by atoms with E-state index in [0.717, 1.165) is 48.6 Å². The molecule has 1 spiro atoms. The number of fused-ring (bicyclic) bond motifs is 1. The van der Waals surface area contributed by atoms with Gasteiger partial charge in [0.1, 0.15) is 12.1 Å². The number of hydrogen-bond donors (Lipinski definition) is 2. The first kappa shape index (κ1) is 31.5. The number of likely N-dealkylation sites (N-methyl/N-ethyl adjacent to an activating group) is 1. The van der Waals surface area contributed by atoms with Crippen molar-refractivity contribution >= 4 is 29.4 Å². The fourth-order valence-electron chi connectivity index (χ4n) is 6.41. The van der Waals surface area contributed by atoms with E-state index in [1.165, 1.54) is 4.90 Å². The van der Waals surface area contributed by atoms with Crippen molar-refractivity contribution in [3.05, 3.63) is 65.2 Å². The molecule has 44 heavy (non-hydrogen) atoms. The summed E-state index contributed by atoms with van der Waals surface area (Å²) in [6.07, 6.45) is -0.190. The van der Waals surface area contributed by atoms with Crippen LogP contribution < -0.4 is 10.6 Å². The molecule has 5 rings (SSSR count). The number of nitrogens with zero attached hydrogens (tertiary/aromatic N) is 2. The number of halogens is 3. The van der Waals surface area contributed by atoms with E-state index in [9.17, 15) is 32.3 Å². The Morgan fingerprint density at radius 1 is 1.02 bits per heavy atom. The van der Waals surface area contributed by atoms with E-state index in [-0.39, 0.29) is 12.3 Å². The summed E-state index contributed by atoms with van der Waals surface area (Å²) in [4.78, 5) is 54.4. The van der Waals surface area contributed by atoms with Crippen LogP contribution in [0.25, 0.3) is 0 Å². The van der Waals surface area contributed by atoms with Crippen LogP contribution in [0, 0.1) is 0 Å². The van der Waals surface area contributed by atoms with Gasteiger partial charge in [0.2, 0.25) is 11.5 Å². The summed E-state index contributed by atoms with van der Waals surface area (Å²) in [6.45, 7) is -0.273. The molecule has 5 amide bonds. The molecule has 0 radical (unpaired) electrons. The van der Waals surface area contributed by atoms with Crippen molar-refractivity contribution in [1.82, 2.24) is 15.1 Å². The van der Waals surface area contributed by atoms with Crippen LogP contribution in [-0.4, -0.2) is 70.5 Å². The van der Waals surface area contributed by atoms with Gasteiger partial charge in [0.25, 0.3) is 11.8 Å². The Morgan fingerprint density at radius 3 is 2.30 bits per heavy atom. The molecule has 2 aromatic rings. The third-order valence-corrected chi connectivity index (χ3v) is 9.21. The van der Waals surface area contributed by atoms with Crippen LogP contribution in [0.4, 0.5) is 23.7 Å². The highest BCUT2D eigenvalue weighted by Gasteiger charge is 2.60. The third-order valence-electron chi connectivity index (χ3n) is 9.21. The molecular weight excluding hydrogens is 577 g/mol. The standard InChI is InChI=1S/C32H37F3N4O5/c1-30(32(33,34)35,44-20-21-10-6-5-7-11-21)28(42)39(25-12-8-3-4-9-13-25)19-26(40)36-24-15-14-22-17-31(18-23(22)16-24)27(41)37-29(43)38(31)2/h5-7,10-11,14-16,25H,3-4,8-9,12-13,17-20H2,1-2H3,(H,36,40)(H,37,41,43)/t30-,31?/m0/s1. The van der Waals surface area contributed by atoms with E-state index in [0.29, 0.717) is 30.5 Å². The van der Waals surface area contributed by atoms with Crippen molar-refractivity contribution < 1.29 is 37.1 Å². The van der Waals surface area contributed by atoms with Gasteiger partial charge in [0.15, 0.2) is 0 Å².